The van der Waals surface area contributed by atoms with Gasteiger partial charge in [0.2, 0.25) is 0 Å². The standard InChI is InChI=1S/C15H22N2O/c1-11-9-12(5-6-13(11)16)10-17-7-8-18-15-4-2-3-14(15)17/h5-6,9,14-15H,2-4,7-8,10,16H2,1H3. The van der Waals surface area contributed by atoms with E-state index in [1.54, 1.807) is 0 Å². The van der Waals surface area contributed by atoms with Crippen molar-refractivity contribution in [1.29, 1.82) is 0 Å². The number of fused-ring (bicyclic) bond motifs is 1. The van der Waals surface area contributed by atoms with Crippen LogP contribution in [0.3, 0.4) is 0 Å². The molecular weight excluding hydrogens is 224 g/mol. The number of nitrogens with zero attached hydrogens (tertiary/aromatic N) is 1. The molecule has 1 aliphatic heterocycles. The Balaban J connectivity index is 1.73. The lowest BCUT2D eigenvalue weighted by Crippen LogP contribution is -2.47. The summed E-state index contributed by atoms with van der Waals surface area (Å²) in [6.45, 7) is 5.06. The second-order valence-corrected chi connectivity index (χ2v) is 5.57. The van der Waals surface area contributed by atoms with Crippen LogP contribution in [0.15, 0.2) is 18.2 Å². The second kappa shape index (κ2) is 4.90. The number of morpholine rings is 1. The van der Waals surface area contributed by atoms with E-state index in [0.717, 1.165) is 25.4 Å². The smallest absolute Gasteiger partial charge is 0.0731 e. The predicted molar refractivity (Wildman–Crippen MR) is 73.4 cm³/mol. The first-order valence-corrected chi connectivity index (χ1v) is 6.95. The normalized spacial score (nSPS) is 28.3. The molecule has 3 nitrogen and oxygen atoms in total. The number of hydrogen-bond acceptors (Lipinski definition) is 3. The Morgan fingerprint density at radius 3 is 3.11 bits per heavy atom. The first-order chi connectivity index (χ1) is 8.74. The fraction of sp³-hybridized carbons (Fsp3) is 0.600. The van der Waals surface area contributed by atoms with Crippen molar-refractivity contribution in [1.82, 2.24) is 4.90 Å². The van der Waals surface area contributed by atoms with Gasteiger partial charge >= 0.3 is 0 Å². The molecule has 0 bridgehead atoms. The molecule has 3 heteroatoms. The fourth-order valence-corrected chi connectivity index (χ4v) is 3.27. The lowest BCUT2D eigenvalue weighted by molar-refractivity contribution is -0.0588. The van der Waals surface area contributed by atoms with Crippen molar-refractivity contribution in [2.75, 3.05) is 18.9 Å². The Kier molecular flexibility index (Phi) is 3.27. The van der Waals surface area contributed by atoms with Crippen LogP contribution in [0.4, 0.5) is 5.69 Å². The van der Waals surface area contributed by atoms with Crippen molar-refractivity contribution in [3.8, 4) is 0 Å². The van der Waals surface area contributed by atoms with Crippen molar-refractivity contribution in [2.45, 2.75) is 44.9 Å². The van der Waals surface area contributed by atoms with Gasteiger partial charge in [0.15, 0.2) is 0 Å². The molecule has 1 aliphatic carbocycles. The van der Waals surface area contributed by atoms with E-state index < -0.39 is 0 Å². The van der Waals surface area contributed by atoms with Crippen LogP contribution in [0.2, 0.25) is 0 Å². The van der Waals surface area contributed by atoms with Gasteiger partial charge in [-0.05, 0) is 43.4 Å². The first kappa shape index (κ1) is 12.0. The summed E-state index contributed by atoms with van der Waals surface area (Å²) in [5, 5.41) is 0. The summed E-state index contributed by atoms with van der Waals surface area (Å²) in [4.78, 5) is 2.59. The van der Waals surface area contributed by atoms with Gasteiger partial charge in [-0.25, -0.2) is 0 Å². The number of nitrogens with two attached hydrogens (primary N) is 1. The number of aryl methyl sites for hydroxylation is 1. The number of rotatable bonds is 2. The van der Waals surface area contributed by atoms with Gasteiger partial charge in [0.25, 0.3) is 0 Å². The van der Waals surface area contributed by atoms with Crippen LogP contribution in [0.25, 0.3) is 0 Å². The van der Waals surface area contributed by atoms with Crippen LogP contribution in [-0.2, 0) is 11.3 Å². The van der Waals surface area contributed by atoms with Gasteiger partial charge in [-0.3, -0.25) is 4.90 Å². The maximum atomic E-state index is 5.87. The van der Waals surface area contributed by atoms with E-state index in [1.165, 1.54) is 30.4 Å². The predicted octanol–water partition coefficient (Wildman–Crippen LogP) is 2.33. The van der Waals surface area contributed by atoms with Crippen LogP contribution in [0, 0.1) is 6.92 Å². The average Bonchev–Trinajstić information content (AvgIpc) is 2.83. The molecule has 1 aromatic rings. The fourth-order valence-electron chi connectivity index (χ4n) is 3.27. The topological polar surface area (TPSA) is 38.5 Å². The number of ether oxygens (including phenoxy) is 1. The molecule has 0 radical (unpaired) electrons. The van der Waals surface area contributed by atoms with Crippen molar-refractivity contribution >= 4 is 5.69 Å². The highest BCUT2D eigenvalue weighted by molar-refractivity contribution is 5.47. The monoisotopic (exact) mass is 246 g/mol. The highest BCUT2D eigenvalue weighted by atomic mass is 16.5. The van der Waals surface area contributed by atoms with Crippen LogP contribution < -0.4 is 5.73 Å². The molecule has 1 saturated carbocycles. The minimum absolute atomic E-state index is 0.480. The quantitative estimate of drug-likeness (QED) is 0.814. The zero-order valence-electron chi connectivity index (χ0n) is 11.1. The van der Waals surface area contributed by atoms with Crippen molar-refractivity contribution in [3.63, 3.8) is 0 Å². The van der Waals surface area contributed by atoms with Crippen LogP contribution >= 0.6 is 0 Å². The number of anilines is 1. The van der Waals surface area contributed by atoms with E-state index in [0.29, 0.717) is 12.1 Å². The Hall–Kier alpha value is -1.06. The van der Waals surface area contributed by atoms with Gasteiger partial charge in [0, 0.05) is 24.8 Å². The van der Waals surface area contributed by atoms with E-state index in [2.05, 4.69) is 24.0 Å². The molecule has 1 saturated heterocycles. The number of benzene rings is 1. The number of nitrogen functional groups attached to an aromatic ring is 1. The summed E-state index contributed by atoms with van der Waals surface area (Å²) in [5.74, 6) is 0. The van der Waals surface area contributed by atoms with Gasteiger partial charge in [0.1, 0.15) is 0 Å². The maximum Gasteiger partial charge on any atom is 0.0731 e. The van der Waals surface area contributed by atoms with E-state index >= 15 is 0 Å². The molecule has 0 aromatic heterocycles. The van der Waals surface area contributed by atoms with Crippen LogP contribution in [0.1, 0.15) is 30.4 Å². The Bertz CT molecular complexity index is 433. The van der Waals surface area contributed by atoms with E-state index in [9.17, 15) is 0 Å². The summed E-state index contributed by atoms with van der Waals surface area (Å²) < 4.78 is 5.85. The first-order valence-electron chi connectivity index (χ1n) is 6.95. The highest BCUT2D eigenvalue weighted by Crippen LogP contribution is 2.30. The third-order valence-corrected chi connectivity index (χ3v) is 4.32. The summed E-state index contributed by atoms with van der Waals surface area (Å²) in [6.07, 6.45) is 4.32. The second-order valence-electron chi connectivity index (χ2n) is 5.57. The molecule has 2 aliphatic rings. The minimum Gasteiger partial charge on any atom is -0.399 e. The molecule has 0 amide bonds. The average molecular weight is 246 g/mol. The highest BCUT2D eigenvalue weighted by Gasteiger charge is 2.35. The Labute approximate surface area is 109 Å². The third-order valence-electron chi connectivity index (χ3n) is 4.32. The molecule has 2 N–H and O–H groups in total. The molecular formula is C15H22N2O. The molecule has 0 spiro atoms. The molecule has 2 atom stereocenters. The SMILES string of the molecule is Cc1cc(CN2CCOC3CCCC32)ccc1N. The zero-order valence-corrected chi connectivity index (χ0v) is 11.1. The zero-order chi connectivity index (χ0) is 12.5. The lowest BCUT2D eigenvalue weighted by atomic mass is 10.1. The van der Waals surface area contributed by atoms with Gasteiger partial charge in [-0.1, -0.05) is 12.1 Å². The third kappa shape index (κ3) is 2.25. The van der Waals surface area contributed by atoms with Gasteiger partial charge in [-0.2, -0.15) is 0 Å². The van der Waals surface area contributed by atoms with Crippen LogP contribution in [-0.4, -0.2) is 30.2 Å². The molecule has 98 valence electrons. The number of hydrogen-bond donors (Lipinski definition) is 1. The van der Waals surface area contributed by atoms with Crippen molar-refractivity contribution < 1.29 is 4.74 Å². The molecule has 18 heavy (non-hydrogen) atoms. The van der Waals surface area contributed by atoms with Crippen molar-refractivity contribution in [2.24, 2.45) is 0 Å². The summed E-state index contributed by atoms with van der Waals surface area (Å²) >= 11 is 0. The molecule has 1 aromatic carbocycles. The van der Waals surface area contributed by atoms with Gasteiger partial charge in [0.05, 0.1) is 12.7 Å². The van der Waals surface area contributed by atoms with E-state index in [1.807, 2.05) is 6.07 Å². The summed E-state index contributed by atoms with van der Waals surface area (Å²) in [5.41, 5.74) is 9.32. The maximum absolute atomic E-state index is 5.87. The van der Waals surface area contributed by atoms with E-state index in [4.69, 9.17) is 10.5 Å². The van der Waals surface area contributed by atoms with Gasteiger partial charge in [-0.15, -0.1) is 0 Å². The van der Waals surface area contributed by atoms with Crippen molar-refractivity contribution in [3.05, 3.63) is 29.3 Å². The molecule has 3 rings (SSSR count). The summed E-state index contributed by atoms with van der Waals surface area (Å²) in [7, 11) is 0. The lowest BCUT2D eigenvalue weighted by Gasteiger charge is -2.37. The summed E-state index contributed by atoms with van der Waals surface area (Å²) in [6, 6.07) is 7.03. The van der Waals surface area contributed by atoms with Crippen LogP contribution in [0.5, 0.6) is 0 Å². The minimum atomic E-state index is 0.480. The molecule has 1 heterocycles. The Morgan fingerprint density at radius 2 is 2.28 bits per heavy atom. The molecule has 2 unspecified atom stereocenters. The molecule has 2 fully saturated rings. The van der Waals surface area contributed by atoms with Gasteiger partial charge < -0.3 is 10.5 Å². The van der Waals surface area contributed by atoms with E-state index in [-0.39, 0.29) is 0 Å². The largest absolute Gasteiger partial charge is 0.399 e. The Morgan fingerprint density at radius 1 is 1.39 bits per heavy atom.